The first-order chi connectivity index (χ1) is 9.74. The lowest BCUT2D eigenvalue weighted by molar-refractivity contribution is 0.0391. The van der Waals surface area contributed by atoms with Crippen LogP contribution in [0.25, 0.3) is 0 Å². The van der Waals surface area contributed by atoms with Crippen molar-refractivity contribution < 1.29 is 4.39 Å². The van der Waals surface area contributed by atoms with E-state index in [1.807, 2.05) is 0 Å². The molecule has 3 rings (SSSR count). The third kappa shape index (κ3) is 3.39. The van der Waals surface area contributed by atoms with Gasteiger partial charge in [-0.1, -0.05) is 51.9 Å². The molecule has 0 aromatic carbocycles. The van der Waals surface area contributed by atoms with Gasteiger partial charge in [0.05, 0.1) is 0 Å². The SMILES string of the molecule is CC1CCC(C2CCC(C3CCCCC3)C(F)C2)CC1. The highest BCUT2D eigenvalue weighted by Crippen LogP contribution is 2.46. The lowest BCUT2D eigenvalue weighted by atomic mass is 9.65. The number of rotatable bonds is 2. The average molecular weight is 280 g/mol. The minimum atomic E-state index is -0.476. The van der Waals surface area contributed by atoms with Gasteiger partial charge in [-0.2, -0.15) is 0 Å². The molecule has 0 saturated heterocycles. The maximum atomic E-state index is 14.7. The second-order valence-electron chi connectivity index (χ2n) is 8.17. The van der Waals surface area contributed by atoms with Gasteiger partial charge in [0.25, 0.3) is 0 Å². The first-order valence-electron chi connectivity index (χ1n) is 9.38. The van der Waals surface area contributed by atoms with E-state index in [0.717, 1.165) is 30.1 Å². The third-order valence-corrected chi connectivity index (χ3v) is 6.85. The van der Waals surface area contributed by atoms with Gasteiger partial charge in [0.2, 0.25) is 0 Å². The topological polar surface area (TPSA) is 0 Å². The van der Waals surface area contributed by atoms with Crippen LogP contribution in [0.1, 0.15) is 84.0 Å². The van der Waals surface area contributed by atoms with Gasteiger partial charge in [0.1, 0.15) is 6.17 Å². The monoisotopic (exact) mass is 280 g/mol. The second kappa shape index (κ2) is 6.79. The van der Waals surface area contributed by atoms with Crippen LogP contribution in [0.5, 0.6) is 0 Å². The van der Waals surface area contributed by atoms with Crippen molar-refractivity contribution in [2.75, 3.05) is 0 Å². The summed E-state index contributed by atoms with van der Waals surface area (Å²) in [7, 11) is 0. The average Bonchev–Trinajstić information content (AvgIpc) is 2.49. The van der Waals surface area contributed by atoms with Gasteiger partial charge >= 0.3 is 0 Å². The lowest BCUT2D eigenvalue weighted by Gasteiger charge is -2.42. The first-order valence-corrected chi connectivity index (χ1v) is 9.38. The Hall–Kier alpha value is -0.0700. The van der Waals surface area contributed by atoms with E-state index in [1.165, 1.54) is 70.6 Å². The summed E-state index contributed by atoms with van der Waals surface area (Å²) >= 11 is 0. The minimum Gasteiger partial charge on any atom is -0.247 e. The van der Waals surface area contributed by atoms with Crippen LogP contribution in [0.15, 0.2) is 0 Å². The van der Waals surface area contributed by atoms with Crippen molar-refractivity contribution in [2.45, 2.75) is 90.1 Å². The van der Waals surface area contributed by atoms with Gasteiger partial charge in [-0.25, -0.2) is 4.39 Å². The minimum absolute atomic E-state index is 0.425. The Morgan fingerprint density at radius 3 is 1.95 bits per heavy atom. The maximum Gasteiger partial charge on any atom is 0.103 e. The second-order valence-corrected chi connectivity index (χ2v) is 8.17. The van der Waals surface area contributed by atoms with Crippen LogP contribution in [0.3, 0.4) is 0 Å². The molecule has 3 fully saturated rings. The third-order valence-electron chi connectivity index (χ3n) is 6.85. The van der Waals surface area contributed by atoms with E-state index in [1.54, 1.807) is 0 Å². The molecule has 0 nitrogen and oxygen atoms in total. The molecular formula is C19H33F. The lowest BCUT2D eigenvalue weighted by Crippen LogP contribution is -2.36. The fraction of sp³-hybridized carbons (Fsp3) is 1.00. The summed E-state index contributed by atoms with van der Waals surface area (Å²) in [6.45, 7) is 2.38. The quantitative estimate of drug-likeness (QED) is 0.569. The predicted octanol–water partition coefficient (Wildman–Crippen LogP) is 6.15. The first kappa shape index (κ1) is 14.9. The molecule has 0 heterocycles. The van der Waals surface area contributed by atoms with E-state index in [-0.39, 0.29) is 0 Å². The molecule has 0 aromatic rings. The smallest absolute Gasteiger partial charge is 0.103 e. The summed E-state index contributed by atoms with van der Waals surface area (Å²) < 4.78 is 14.7. The normalized spacial score (nSPS) is 44.4. The Morgan fingerprint density at radius 2 is 1.30 bits per heavy atom. The molecule has 0 bridgehead atoms. The molecule has 20 heavy (non-hydrogen) atoms. The molecule has 0 N–H and O–H groups in total. The highest BCUT2D eigenvalue weighted by Gasteiger charge is 2.38. The van der Waals surface area contributed by atoms with Crippen molar-refractivity contribution in [2.24, 2.45) is 29.6 Å². The highest BCUT2D eigenvalue weighted by molar-refractivity contribution is 4.89. The van der Waals surface area contributed by atoms with Gasteiger partial charge in [-0.05, 0) is 61.7 Å². The predicted molar refractivity (Wildman–Crippen MR) is 83.4 cm³/mol. The molecule has 3 unspecified atom stereocenters. The van der Waals surface area contributed by atoms with E-state index in [2.05, 4.69) is 6.92 Å². The number of hydrogen-bond acceptors (Lipinski definition) is 0. The highest BCUT2D eigenvalue weighted by atomic mass is 19.1. The molecule has 0 amide bonds. The molecule has 0 aromatic heterocycles. The molecule has 0 radical (unpaired) electrons. The van der Waals surface area contributed by atoms with Crippen LogP contribution in [-0.4, -0.2) is 6.17 Å². The van der Waals surface area contributed by atoms with E-state index in [9.17, 15) is 4.39 Å². The molecule has 116 valence electrons. The fourth-order valence-corrected chi connectivity index (χ4v) is 5.45. The summed E-state index contributed by atoms with van der Waals surface area (Å²) in [5.74, 6) is 3.65. The van der Waals surface area contributed by atoms with Crippen LogP contribution in [0, 0.1) is 29.6 Å². The Morgan fingerprint density at radius 1 is 0.650 bits per heavy atom. The zero-order valence-corrected chi connectivity index (χ0v) is 13.3. The van der Waals surface area contributed by atoms with Crippen molar-refractivity contribution >= 4 is 0 Å². The van der Waals surface area contributed by atoms with Crippen LogP contribution < -0.4 is 0 Å². The van der Waals surface area contributed by atoms with Crippen molar-refractivity contribution in [3.8, 4) is 0 Å². The van der Waals surface area contributed by atoms with Crippen molar-refractivity contribution in [1.29, 1.82) is 0 Å². The van der Waals surface area contributed by atoms with E-state index < -0.39 is 6.17 Å². The molecule has 3 atom stereocenters. The zero-order chi connectivity index (χ0) is 13.9. The van der Waals surface area contributed by atoms with Crippen LogP contribution in [0.4, 0.5) is 4.39 Å². The zero-order valence-electron chi connectivity index (χ0n) is 13.3. The molecule has 0 aliphatic heterocycles. The summed E-state index contributed by atoms with van der Waals surface area (Å²) in [4.78, 5) is 0. The fourth-order valence-electron chi connectivity index (χ4n) is 5.45. The molecule has 3 saturated carbocycles. The maximum absolute atomic E-state index is 14.7. The largest absolute Gasteiger partial charge is 0.247 e. The van der Waals surface area contributed by atoms with Crippen molar-refractivity contribution in [3.05, 3.63) is 0 Å². The van der Waals surface area contributed by atoms with E-state index in [4.69, 9.17) is 0 Å². The van der Waals surface area contributed by atoms with Gasteiger partial charge < -0.3 is 0 Å². The van der Waals surface area contributed by atoms with Gasteiger partial charge in [0.15, 0.2) is 0 Å². The summed E-state index contributed by atoms with van der Waals surface area (Å²) in [6, 6.07) is 0. The number of alkyl halides is 1. The summed E-state index contributed by atoms with van der Waals surface area (Å²) in [5, 5.41) is 0. The molecule has 3 aliphatic rings. The number of hydrogen-bond donors (Lipinski definition) is 0. The Bertz CT molecular complexity index is 286. The van der Waals surface area contributed by atoms with Crippen LogP contribution in [-0.2, 0) is 0 Å². The van der Waals surface area contributed by atoms with E-state index >= 15 is 0 Å². The Balaban J connectivity index is 1.51. The van der Waals surface area contributed by atoms with Crippen LogP contribution >= 0.6 is 0 Å². The van der Waals surface area contributed by atoms with Gasteiger partial charge in [-0.15, -0.1) is 0 Å². The molecule has 1 heteroatoms. The van der Waals surface area contributed by atoms with Crippen molar-refractivity contribution in [1.82, 2.24) is 0 Å². The molecular weight excluding hydrogens is 247 g/mol. The van der Waals surface area contributed by atoms with E-state index in [0.29, 0.717) is 5.92 Å². The van der Waals surface area contributed by atoms with Crippen molar-refractivity contribution in [3.63, 3.8) is 0 Å². The molecule has 3 aliphatic carbocycles. The standard InChI is InChI=1S/C19H33F/c1-14-7-9-15(10-8-14)17-11-12-18(19(20)13-17)16-5-3-2-4-6-16/h14-19H,2-13H2,1H3. The van der Waals surface area contributed by atoms with Gasteiger partial charge in [-0.3, -0.25) is 0 Å². The Kier molecular flexibility index (Phi) is 5.04. The number of halogens is 1. The van der Waals surface area contributed by atoms with Gasteiger partial charge in [0, 0.05) is 0 Å². The summed E-state index contributed by atoms with van der Waals surface area (Å²) in [5.41, 5.74) is 0. The summed E-state index contributed by atoms with van der Waals surface area (Å²) in [6.07, 6.45) is 15.2. The molecule has 0 spiro atoms. The Labute approximate surface area is 124 Å². The van der Waals surface area contributed by atoms with Crippen LogP contribution in [0.2, 0.25) is 0 Å².